The summed E-state index contributed by atoms with van der Waals surface area (Å²) < 4.78 is 12.1. The van der Waals surface area contributed by atoms with Crippen molar-refractivity contribution in [3.05, 3.63) is 53.5 Å². The highest BCUT2D eigenvalue weighted by Crippen LogP contribution is 2.58. The van der Waals surface area contributed by atoms with Gasteiger partial charge in [-0.2, -0.15) is 0 Å². The molecular formula is C21H23NO2. The van der Waals surface area contributed by atoms with Crippen LogP contribution in [0.1, 0.15) is 62.0 Å². The Morgan fingerprint density at radius 3 is 2.67 bits per heavy atom. The van der Waals surface area contributed by atoms with Gasteiger partial charge in [0.2, 0.25) is 0 Å². The van der Waals surface area contributed by atoms with Gasteiger partial charge in [0.25, 0.3) is 0 Å². The van der Waals surface area contributed by atoms with Crippen LogP contribution in [0, 0.1) is 6.92 Å². The molecule has 3 aromatic rings. The molecule has 0 N–H and O–H groups in total. The molecule has 2 aromatic heterocycles. The van der Waals surface area contributed by atoms with Crippen molar-refractivity contribution in [2.45, 2.75) is 57.5 Å². The van der Waals surface area contributed by atoms with Crippen molar-refractivity contribution in [1.82, 2.24) is 0 Å². The Morgan fingerprint density at radius 1 is 1.08 bits per heavy atom. The number of furan rings is 2. The largest absolute Gasteiger partial charge is 0.460 e. The van der Waals surface area contributed by atoms with Gasteiger partial charge in [-0.15, -0.1) is 0 Å². The van der Waals surface area contributed by atoms with E-state index in [1.807, 2.05) is 6.07 Å². The average molecular weight is 321 g/mol. The highest BCUT2D eigenvalue weighted by Gasteiger charge is 2.53. The van der Waals surface area contributed by atoms with Crippen LogP contribution in [-0.2, 0) is 5.54 Å². The van der Waals surface area contributed by atoms with E-state index in [0.717, 1.165) is 16.9 Å². The summed E-state index contributed by atoms with van der Waals surface area (Å²) in [5.74, 6) is 1.11. The molecule has 3 heteroatoms. The van der Waals surface area contributed by atoms with Gasteiger partial charge < -0.3 is 13.7 Å². The third-order valence-electron chi connectivity index (χ3n) is 6.07. The van der Waals surface area contributed by atoms with E-state index in [-0.39, 0.29) is 11.6 Å². The molecule has 1 aliphatic carbocycles. The number of para-hydroxylation sites is 1. The first-order chi connectivity index (χ1) is 11.7. The van der Waals surface area contributed by atoms with Crippen molar-refractivity contribution >= 4 is 16.9 Å². The zero-order chi connectivity index (χ0) is 16.3. The zero-order valence-electron chi connectivity index (χ0n) is 14.3. The molecule has 0 radical (unpaired) electrons. The Morgan fingerprint density at radius 2 is 1.88 bits per heavy atom. The number of hydrogen-bond acceptors (Lipinski definition) is 3. The quantitative estimate of drug-likeness (QED) is 0.544. The van der Waals surface area contributed by atoms with Crippen LogP contribution in [0.2, 0.25) is 0 Å². The summed E-state index contributed by atoms with van der Waals surface area (Å²) in [4.78, 5) is 2.62. The molecule has 1 spiro atoms. The molecule has 0 amide bonds. The molecule has 24 heavy (non-hydrogen) atoms. The van der Waals surface area contributed by atoms with E-state index in [9.17, 15) is 0 Å². The van der Waals surface area contributed by atoms with E-state index >= 15 is 0 Å². The summed E-state index contributed by atoms with van der Waals surface area (Å²) in [5, 5.41) is 0. The van der Waals surface area contributed by atoms with Crippen LogP contribution in [0.15, 0.2) is 45.4 Å². The lowest BCUT2D eigenvalue weighted by Gasteiger charge is -2.45. The van der Waals surface area contributed by atoms with Crippen LogP contribution in [0.5, 0.6) is 0 Å². The second-order valence-electron chi connectivity index (χ2n) is 7.38. The maximum Gasteiger partial charge on any atom is 0.178 e. The smallest absolute Gasteiger partial charge is 0.178 e. The molecule has 1 aromatic carbocycles. The number of hydrogen-bond donors (Lipinski definition) is 0. The van der Waals surface area contributed by atoms with Gasteiger partial charge in [-0.3, -0.25) is 0 Å². The predicted octanol–water partition coefficient (Wildman–Crippen LogP) is 6.07. The van der Waals surface area contributed by atoms with Crippen molar-refractivity contribution in [1.29, 1.82) is 0 Å². The van der Waals surface area contributed by atoms with Gasteiger partial charge in [-0.1, -0.05) is 37.5 Å². The molecule has 3 nitrogen and oxygen atoms in total. The summed E-state index contributed by atoms with van der Waals surface area (Å²) in [7, 11) is 0. The van der Waals surface area contributed by atoms with Crippen molar-refractivity contribution in [3.63, 3.8) is 0 Å². The van der Waals surface area contributed by atoms with Gasteiger partial charge in [0, 0.05) is 11.8 Å². The number of rotatable bonds is 1. The molecular weight excluding hydrogens is 298 g/mol. The second-order valence-corrected chi connectivity index (χ2v) is 7.38. The summed E-state index contributed by atoms with van der Waals surface area (Å²) in [6, 6.07) is 10.9. The first kappa shape index (κ1) is 14.2. The minimum absolute atomic E-state index is 0.0161. The Kier molecular flexibility index (Phi) is 2.91. The zero-order valence-corrected chi connectivity index (χ0v) is 14.3. The lowest BCUT2D eigenvalue weighted by atomic mass is 9.77. The molecule has 5 rings (SSSR count). The van der Waals surface area contributed by atoms with Gasteiger partial charge in [-0.25, -0.2) is 0 Å². The lowest BCUT2D eigenvalue weighted by Crippen LogP contribution is -2.44. The molecule has 1 saturated carbocycles. The van der Waals surface area contributed by atoms with Crippen LogP contribution < -0.4 is 4.90 Å². The Labute approximate surface area is 142 Å². The topological polar surface area (TPSA) is 29.5 Å². The predicted molar refractivity (Wildman–Crippen MR) is 95.3 cm³/mol. The van der Waals surface area contributed by atoms with E-state index in [1.165, 1.54) is 48.9 Å². The Hall–Kier alpha value is -2.16. The summed E-state index contributed by atoms with van der Waals surface area (Å²) in [6.45, 7) is 4.48. The maximum absolute atomic E-state index is 6.25. The van der Waals surface area contributed by atoms with Gasteiger partial charge in [0.05, 0.1) is 23.4 Å². The van der Waals surface area contributed by atoms with Crippen molar-refractivity contribution < 1.29 is 8.83 Å². The van der Waals surface area contributed by atoms with Gasteiger partial charge in [0.1, 0.15) is 5.76 Å². The van der Waals surface area contributed by atoms with Crippen LogP contribution in [0.25, 0.3) is 11.2 Å². The standard InChI is InChI=1S/C21H23NO2/c1-14-8-4-5-9-16(14)22-15(2)19-18(20-17(24-19)10-13-23-20)21(22)11-6-3-7-12-21/h4-5,8-10,13,15H,3,6-7,11-12H2,1-2H3. The number of fused-ring (bicyclic) bond motifs is 4. The van der Waals surface area contributed by atoms with E-state index in [0.29, 0.717) is 0 Å². The number of anilines is 1. The van der Waals surface area contributed by atoms with Crippen molar-refractivity contribution in [2.75, 3.05) is 4.90 Å². The fourth-order valence-corrected chi connectivity index (χ4v) is 5.09. The Balaban J connectivity index is 1.78. The van der Waals surface area contributed by atoms with Crippen LogP contribution in [0.4, 0.5) is 5.69 Å². The molecule has 1 atom stereocenters. The van der Waals surface area contributed by atoms with E-state index < -0.39 is 0 Å². The molecule has 0 bridgehead atoms. The van der Waals surface area contributed by atoms with Gasteiger partial charge in [-0.05, 0) is 38.3 Å². The summed E-state index contributed by atoms with van der Waals surface area (Å²) in [5.41, 5.74) is 5.87. The normalized spacial score (nSPS) is 22.4. The van der Waals surface area contributed by atoms with Crippen molar-refractivity contribution in [3.8, 4) is 0 Å². The van der Waals surface area contributed by atoms with Gasteiger partial charge in [0.15, 0.2) is 11.2 Å². The molecule has 124 valence electrons. The first-order valence-electron chi connectivity index (χ1n) is 9.08. The van der Waals surface area contributed by atoms with Crippen LogP contribution >= 0.6 is 0 Å². The second kappa shape index (κ2) is 4.92. The summed E-state index contributed by atoms with van der Waals surface area (Å²) >= 11 is 0. The van der Waals surface area contributed by atoms with E-state index in [2.05, 4.69) is 43.0 Å². The minimum atomic E-state index is 0.0161. The van der Waals surface area contributed by atoms with E-state index in [4.69, 9.17) is 8.83 Å². The average Bonchev–Trinajstić information content (AvgIpc) is 3.22. The molecule has 1 unspecified atom stereocenters. The van der Waals surface area contributed by atoms with Gasteiger partial charge >= 0.3 is 0 Å². The third kappa shape index (κ3) is 1.68. The third-order valence-corrected chi connectivity index (χ3v) is 6.07. The Bertz CT molecular complexity index is 898. The maximum atomic E-state index is 6.25. The molecule has 3 heterocycles. The fourth-order valence-electron chi connectivity index (χ4n) is 5.09. The number of aryl methyl sites for hydroxylation is 1. The van der Waals surface area contributed by atoms with Crippen molar-refractivity contribution in [2.24, 2.45) is 0 Å². The molecule has 1 aliphatic heterocycles. The lowest BCUT2D eigenvalue weighted by molar-refractivity contribution is 0.283. The number of nitrogens with zero attached hydrogens (tertiary/aromatic N) is 1. The molecule has 0 saturated heterocycles. The van der Waals surface area contributed by atoms with Crippen LogP contribution in [-0.4, -0.2) is 0 Å². The van der Waals surface area contributed by atoms with Crippen LogP contribution in [0.3, 0.4) is 0 Å². The SMILES string of the molecule is Cc1ccccc1N1C(C)c2oc3ccoc3c2C12CCCCC2. The monoisotopic (exact) mass is 321 g/mol. The minimum Gasteiger partial charge on any atom is -0.460 e. The fraction of sp³-hybridized carbons (Fsp3) is 0.429. The molecule has 1 fully saturated rings. The molecule has 2 aliphatic rings. The first-order valence-corrected chi connectivity index (χ1v) is 9.08. The van der Waals surface area contributed by atoms with E-state index in [1.54, 1.807) is 6.26 Å². The highest BCUT2D eigenvalue weighted by molar-refractivity contribution is 5.81. The summed E-state index contributed by atoms with van der Waals surface area (Å²) in [6.07, 6.45) is 7.96. The number of benzene rings is 1. The highest BCUT2D eigenvalue weighted by atomic mass is 16.4.